The molecule has 3 heteroatoms. The van der Waals surface area contributed by atoms with Gasteiger partial charge in [-0.2, -0.15) is 0 Å². The molecular formula is C10H13F2N. The molecule has 72 valence electrons. The summed E-state index contributed by atoms with van der Waals surface area (Å²) in [5.41, 5.74) is 1.79. The van der Waals surface area contributed by atoms with Crippen molar-refractivity contribution in [2.24, 2.45) is 0 Å². The first-order valence-electron chi connectivity index (χ1n) is 4.27. The van der Waals surface area contributed by atoms with Crippen molar-refractivity contribution in [1.29, 1.82) is 0 Å². The number of halogens is 2. The normalized spacial score (nSPS) is 11.3. The van der Waals surface area contributed by atoms with Crippen LogP contribution in [0.4, 0.5) is 8.78 Å². The van der Waals surface area contributed by atoms with Gasteiger partial charge >= 0.3 is 0 Å². The zero-order chi connectivity index (χ0) is 10.0. The van der Waals surface area contributed by atoms with Crippen LogP contribution in [0.5, 0.6) is 0 Å². The number of aromatic nitrogens is 1. The fraction of sp³-hybridized carbons (Fsp3) is 0.500. The van der Waals surface area contributed by atoms with Crippen LogP contribution in [0.2, 0.25) is 0 Å². The zero-order valence-corrected chi connectivity index (χ0v) is 8.01. The van der Waals surface area contributed by atoms with Gasteiger partial charge in [-0.25, -0.2) is 8.78 Å². The Kier molecular flexibility index (Phi) is 2.96. The highest BCUT2D eigenvalue weighted by Gasteiger charge is 2.12. The predicted molar refractivity (Wildman–Crippen MR) is 48.0 cm³/mol. The molecular weight excluding hydrogens is 172 g/mol. The number of hydrogen-bond donors (Lipinski definition) is 0. The number of alkyl halides is 2. The molecule has 0 atom stereocenters. The molecule has 0 saturated carbocycles. The number of hydrogen-bond acceptors (Lipinski definition) is 1. The molecule has 1 aromatic rings. The smallest absolute Gasteiger partial charge is 0.255 e. The van der Waals surface area contributed by atoms with Crippen molar-refractivity contribution in [3.8, 4) is 0 Å². The van der Waals surface area contributed by atoms with Crippen LogP contribution in [0.3, 0.4) is 0 Å². The van der Waals surface area contributed by atoms with Crippen molar-refractivity contribution in [1.82, 2.24) is 4.98 Å². The zero-order valence-electron chi connectivity index (χ0n) is 8.01. The topological polar surface area (TPSA) is 12.9 Å². The van der Waals surface area contributed by atoms with Crippen LogP contribution in [0.15, 0.2) is 12.3 Å². The summed E-state index contributed by atoms with van der Waals surface area (Å²) in [4.78, 5) is 3.67. The molecule has 0 bridgehead atoms. The average Bonchev–Trinajstić information content (AvgIpc) is 2.04. The van der Waals surface area contributed by atoms with Crippen molar-refractivity contribution < 1.29 is 8.78 Å². The Balaban J connectivity index is 3.11. The van der Waals surface area contributed by atoms with Gasteiger partial charge in [-0.3, -0.25) is 4.98 Å². The van der Waals surface area contributed by atoms with Crippen molar-refractivity contribution >= 4 is 0 Å². The average molecular weight is 185 g/mol. The lowest BCUT2D eigenvalue weighted by molar-refractivity contribution is 0.146. The lowest BCUT2D eigenvalue weighted by Gasteiger charge is -2.10. The van der Waals surface area contributed by atoms with Crippen LogP contribution in [0, 0.1) is 6.92 Å². The SMILES string of the molecule is Cc1cnc(C(F)F)cc1C(C)C. The standard InChI is InChI=1S/C10H13F2N/c1-6(2)8-4-9(10(11)12)13-5-7(8)3/h4-6,10H,1-3H3. The summed E-state index contributed by atoms with van der Waals surface area (Å²) in [6, 6.07) is 1.49. The van der Waals surface area contributed by atoms with E-state index in [1.165, 1.54) is 12.3 Å². The molecule has 0 spiro atoms. The molecule has 0 aliphatic carbocycles. The van der Waals surface area contributed by atoms with E-state index in [4.69, 9.17) is 0 Å². The van der Waals surface area contributed by atoms with Gasteiger partial charge in [0, 0.05) is 6.20 Å². The van der Waals surface area contributed by atoms with Crippen molar-refractivity contribution in [3.05, 3.63) is 29.1 Å². The van der Waals surface area contributed by atoms with Gasteiger partial charge in [0.05, 0.1) is 0 Å². The number of rotatable bonds is 2. The highest BCUT2D eigenvalue weighted by Crippen LogP contribution is 2.23. The third-order valence-corrected chi connectivity index (χ3v) is 2.01. The summed E-state index contributed by atoms with van der Waals surface area (Å²) in [6.45, 7) is 5.85. The largest absolute Gasteiger partial charge is 0.280 e. The van der Waals surface area contributed by atoms with Crippen molar-refractivity contribution in [2.45, 2.75) is 33.1 Å². The second-order valence-corrected chi connectivity index (χ2v) is 3.42. The van der Waals surface area contributed by atoms with E-state index in [0.29, 0.717) is 0 Å². The van der Waals surface area contributed by atoms with Gasteiger partial charge in [0.15, 0.2) is 0 Å². The summed E-state index contributed by atoms with van der Waals surface area (Å²) in [6.07, 6.45) is -0.963. The van der Waals surface area contributed by atoms with Crippen molar-refractivity contribution in [3.63, 3.8) is 0 Å². The lowest BCUT2D eigenvalue weighted by atomic mass is 9.99. The van der Waals surface area contributed by atoms with Gasteiger partial charge in [-0.15, -0.1) is 0 Å². The molecule has 0 aliphatic rings. The van der Waals surface area contributed by atoms with E-state index in [0.717, 1.165) is 11.1 Å². The quantitative estimate of drug-likeness (QED) is 0.687. The van der Waals surface area contributed by atoms with Gasteiger partial charge in [0.1, 0.15) is 5.69 Å². The minimum atomic E-state index is -2.47. The predicted octanol–water partition coefficient (Wildman–Crippen LogP) is 3.45. The molecule has 1 aromatic heterocycles. The second kappa shape index (κ2) is 3.81. The highest BCUT2D eigenvalue weighted by atomic mass is 19.3. The van der Waals surface area contributed by atoms with Gasteiger partial charge in [-0.1, -0.05) is 13.8 Å². The molecule has 0 saturated heterocycles. The maximum absolute atomic E-state index is 12.3. The maximum Gasteiger partial charge on any atom is 0.280 e. The van der Waals surface area contributed by atoms with Crippen LogP contribution in [-0.2, 0) is 0 Å². The molecule has 0 aromatic carbocycles. The Morgan fingerprint density at radius 3 is 2.38 bits per heavy atom. The fourth-order valence-corrected chi connectivity index (χ4v) is 1.30. The Morgan fingerprint density at radius 2 is 1.92 bits per heavy atom. The minimum absolute atomic E-state index is 0.130. The first-order valence-corrected chi connectivity index (χ1v) is 4.27. The van der Waals surface area contributed by atoms with E-state index < -0.39 is 6.43 Å². The molecule has 0 amide bonds. The molecule has 0 aliphatic heterocycles. The van der Waals surface area contributed by atoms with Crippen LogP contribution in [0.1, 0.15) is 43.0 Å². The Bertz CT molecular complexity index is 295. The van der Waals surface area contributed by atoms with E-state index in [1.54, 1.807) is 0 Å². The third kappa shape index (κ3) is 2.23. The summed E-state index contributed by atoms with van der Waals surface area (Å²) < 4.78 is 24.6. The van der Waals surface area contributed by atoms with E-state index in [1.807, 2.05) is 20.8 Å². The molecule has 0 unspecified atom stereocenters. The molecule has 0 fully saturated rings. The Labute approximate surface area is 76.8 Å². The summed E-state index contributed by atoms with van der Waals surface area (Å²) in [5.74, 6) is 0.264. The number of nitrogens with zero attached hydrogens (tertiary/aromatic N) is 1. The van der Waals surface area contributed by atoms with Gasteiger partial charge < -0.3 is 0 Å². The summed E-state index contributed by atoms with van der Waals surface area (Å²) in [7, 11) is 0. The van der Waals surface area contributed by atoms with Crippen LogP contribution >= 0.6 is 0 Å². The fourth-order valence-electron chi connectivity index (χ4n) is 1.30. The van der Waals surface area contributed by atoms with Gasteiger partial charge in [0.2, 0.25) is 0 Å². The van der Waals surface area contributed by atoms with Crippen LogP contribution in [0.25, 0.3) is 0 Å². The molecule has 1 rings (SSSR count). The summed E-state index contributed by atoms with van der Waals surface area (Å²) >= 11 is 0. The van der Waals surface area contributed by atoms with Crippen LogP contribution < -0.4 is 0 Å². The molecule has 0 N–H and O–H groups in total. The molecule has 0 radical (unpaired) electrons. The Morgan fingerprint density at radius 1 is 1.31 bits per heavy atom. The van der Waals surface area contributed by atoms with E-state index >= 15 is 0 Å². The number of pyridine rings is 1. The Hall–Kier alpha value is -0.990. The third-order valence-electron chi connectivity index (χ3n) is 2.01. The molecule has 13 heavy (non-hydrogen) atoms. The first kappa shape index (κ1) is 10.1. The van der Waals surface area contributed by atoms with Gasteiger partial charge in [-0.05, 0) is 30.0 Å². The van der Waals surface area contributed by atoms with Crippen molar-refractivity contribution in [2.75, 3.05) is 0 Å². The van der Waals surface area contributed by atoms with Crippen LogP contribution in [-0.4, -0.2) is 4.98 Å². The van der Waals surface area contributed by atoms with E-state index in [-0.39, 0.29) is 11.6 Å². The highest BCUT2D eigenvalue weighted by molar-refractivity contribution is 5.28. The molecule has 1 heterocycles. The maximum atomic E-state index is 12.3. The second-order valence-electron chi connectivity index (χ2n) is 3.42. The van der Waals surface area contributed by atoms with Gasteiger partial charge in [0.25, 0.3) is 6.43 Å². The minimum Gasteiger partial charge on any atom is -0.255 e. The van der Waals surface area contributed by atoms with E-state index in [9.17, 15) is 8.78 Å². The number of aryl methyl sites for hydroxylation is 1. The lowest BCUT2D eigenvalue weighted by Crippen LogP contribution is -1.98. The summed E-state index contributed by atoms with van der Waals surface area (Å²) in [5, 5.41) is 0. The molecule has 1 nitrogen and oxygen atoms in total. The van der Waals surface area contributed by atoms with E-state index in [2.05, 4.69) is 4.98 Å². The monoisotopic (exact) mass is 185 g/mol. The first-order chi connectivity index (χ1) is 6.02.